The monoisotopic (exact) mass is 238 g/mol. The number of hydrogen-bond donors (Lipinski definition) is 0. The van der Waals surface area contributed by atoms with Crippen LogP contribution in [0.2, 0.25) is 0 Å². The lowest BCUT2D eigenvalue weighted by Crippen LogP contribution is -2.28. The van der Waals surface area contributed by atoms with E-state index >= 15 is 0 Å². The van der Waals surface area contributed by atoms with E-state index in [9.17, 15) is 9.81 Å². The maximum Gasteiger partial charge on any atom is 0.100 e. The van der Waals surface area contributed by atoms with Crippen molar-refractivity contribution >= 4 is 0 Å². The highest BCUT2D eigenvalue weighted by molar-refractivity contribution is 5.04. The van der Waals surface area contributed by atoms with Crippen LogP contribution in [0.3, 0.4) is 0 Å². The van der Waals surface area contributed by atoms with E-state index in [1.165, 1.54) is 5.57 Å². The summed E-state index contributed by atoms with van der Waals surface area (Å²) in [5, 5.41) is 6.42. The third-order valence-electron chi connectivity index (χ3n) is 3.78. The molecule has 2 atom stereocenters. The Morgan fingerprint density at radius 2 is 2.00 bits per heavy atom. The molecule has 2 unspecified atom stereocenters. The van der Waals surface area contributed by atoms with E-state index in [1.807, 2.05) is 20.8 Å². The van der Waals surface area contributed by atoms with Crippen molar-refractivity contribution < 1.29 is 0 Å². The second-order valence-electron chi connectivity index (χ2n) is 5.62. The Morgan fingerprint density at radius 1 is 1.29 bits per heavy atom. The fraction of sp³-hybridized carbons (Fsp3) is 0.846. The van der Waals surface area contributed by atoms with Gasteiger partial charge in [0.2, 0.25) is 0 Å². The van der Waals surface area contributed by atoms with Crippen LogP contribution in [0.1, 0.15) is 52.9 Å². The Bertz CT molecular complexity index is 311. The molecule has 0 radical (unpaired) electrons. The van der Waals surface area contributed by atoms with Gasteiger partial charge in [0.05, 0.1) is 6.04 Å². The highest BCUT2D eigenvalue weighted by Crippen LogP contribution is 2.32. The van der Waals surface area contributed by atoms with Gasteiger partial charge < -0.3 is 0 Å². The molecule has 0 fully saturated rings. The van der Waals surface area contributed by atoms with E-state index < -0.39 is 5.54 Å². The first-order valence-corrected chi connectivity index (χ1v) is 6.32. The number of nitrogens with zero attached hydrogens (tertiary/aromatic N) is 2. The molecule has 4 nitrogen and oxygen atoms in total. The van der Waals surface area contributed by atoms with Crippen molar-refractivity contribution in [3.8, 4) is 0 Å². The minimum absolute atomic E-state index is 0.0997. The van der Waals surface area contributed by atoms with Crippen LogP contribution in [-0.4, -0.2) is 11.6 Å². The maximum absolute atomic E-state index is 10.9. The van der Waals surface area contributed by atoms with E-state index in [1.54, 1.807) is 0 Å². The van der Waals surface area contributed by atoms with Crippen LogP contribution in [0.5, 0.6) is 0 Å². The second kappa shape index (κ2) is 6.03. The molecule has 0 aliphatic heterocycles. The molecular weight excluding hydrogens is 216 g/mol. The first kappa shape index (κ1) is 14.0. The van der Waals surface area contributed by atoms with E-state index in [0.717, 1.165) is 32.1 Å². The van der Waals surface area contributed by atoms with E-state index in [-0.39, 0.29) is 12.0 Å². The van der Waals surface area contributed by atoms with Crippen LogP contribution in [-0.2, 0) is 0 Å². The van der Waals surface area contributed by atoms with Gasteiger partial charge in [0.1, 0.15) is 5.54 Å². The molecule has 0 saturated carbocycles. The summed E-state index contributed by atoms with van der Waals surface area (Å²) in [6, 6.07) is -0.0997. The molecule has 1 aliphatic rings. The molecule has 1 rings (SSSR count). The van der Waals surface area contributed by atoms with Crippen LogP contribution in [0.4, 0.5) is 0 Å². The lowest BCUT2D eigenvalue weighted by atomic mass is 9.82. The minimum atomic E-state index is -0.523. The van der Waals surface area contributed by atoms with Gasteiger partial charge in [0, 0.05) is 0 Å². The SMILES string of the molecule is C/C1=C/CC(C(C)(C)N=O)CCCC(N=O)C1. The summed E-state index contributed by atoms with van der Waals surface area (Å²) in [5.41, 5.74) is 0.675. The normalized spacial score (nSPS) is 30.4. The molecule has 1 aliphatic carbocycles. The summed E-state index contributed by atoms with van der Waals surface area (Å²) in [7, 11) is 0. The number of nitroso groups, excluding NO2 is 2. The Balaban J connectivity index is 2.77. The van der Waals surface area contributed by atoms with Crippen molar-refractivity contribution in [1.29, 1.82) is 0 Å². The molecule has 0 amide bonds. The molecule has 0 bridgehead atoms. The van der Waals surface area contributed by atoms with Crippen molar-refractivity contribution in [3.63, 3.8) is 0 Å². The largest absolute Gasteiger partial charge is 0.151 e. The van der Waals surface area contributed by atoms with Crippen molar-refractivity contribution in [1.82, 2.24) is 0 Å². The van der Waals surface area contributed by atoms with Crippen LogP contribution >= 0.6 is 0 Å². The Hall–Kier alpha value is -1.06. The number of allylic oxidation sites excluding steroid dienone is 1. The minimum Gasteiger partial charge on any atom is -0.151 e. The molecule has 0 saturated heterocycles. The standard InChI is InChI=1S/C13H22N2O2/c1-10-7-8-11(13(2,3)15-17)5-4-6-12(9-10)14-16/h7,11-12H,4-6,8-9H2,1-3H3/b10-7-. The van der Waals surface area contributed by atoms with Crippen LogP contribution < -0.4 is 0 Å². The van der Waals surface area contributed by atoms with Crippen molar-refractivity contribution in [3.05, 3.63) is 21.5 Å². The zero-order chi connectivity index (χ0) is 12.9. The van der Waals surface area contributed by atoms with Crippen molar-refractivity contribution in [2.45, 2.75) is 64.5 Å². The molecule has 0 aromatic carbocycles. The maximum atomic E-state index is 10.9. The molecule has 0 aromatic heterocycles. The molecule has 4 heteroatoms. The summed E-state index contributed by atoms with van der Waals surface area (Å²) >= 11 is 0. The third kappa shape index (κ3) is 4.02. The molecule has 96 valence electrons. The van der Waals surface area contributed by atoms with E-state index in [2.05, 4.69) is 16.4 Å². The molecule has 0 spiro atoms. The zero-order valence-corrected chi connectivity index (χ0v) is 11.0. The predicted octanol–water partition coefficient (Wildman–Crippen LogP) is 4.19. The molecule has 0 N–H and O–H groups in total. The van der Waals surface area contributed by atoms with Gasteiger partial charge in [-0.2, -0.15) is 9.81 Å². The number of hydrogen-bond acceptors (Lipinski definition) is 4. The smallest absolute Gasteiger partial charge is 0.100 e. The predicted molar refractivity (Wildman–Crippen MR) is 69.8 cm³/mol. The first-order valence-electron chi connectivity index (χ1n) is 6.32. The summed E-state index contributed by atoms with van der Waals surface area (Å²) < 4.78 is 0. The molecular formula is C13H22N2O2. The van der Waals surface area contributed by atoms with E-state index in [4.69, 9.17) is 0 Å². The van der Waals surface area contributed by atoms with Gasteiger partial charge in [-0.3, -0.25) is 0 Å². The molecule has 0 heterocycles. The second-order valence-corrected chi connectivity index (χ2v) is 5.62. The van der Waals surface area contributed by atoms with Crippen LogP contribution in [0, 0.1) is 15.7 Å². The lowest BCUT2D eigenvalue weighted by Gasteiger charge is -2.26. The van der Waals surface area contributed by atoms with E-state index in [0.29, 0.717) is 0 Å². The van der Waals surface area contributed by atoms with Gasteiger partial charge >= 0.3 is 0 Å². The first-order chi connectivity index (χ1) is 7.99. The zero-order valence-electron chi connectivity index (χ0n) is 11.0. The van der Waals surface area contributed by atoms with Crippen LogP contribution in [0.25, 0.3) is 0 Å². The highest BCUT2D eigenvalue weighted by Gasteiger charge is 2.30. The Morgan fingerprint density at radius 3 is 2.59 bits per heavy atom. The number of rotatable bonds is 3. The van der Waals surface area contributed by atoms with Crippen molar-refractivity contribution in [2.24, 2.45) is 16.3 Å². The Labute approximate surface area is 103 Å². The molecule has 0 aromatic rings. The van der Waals surface area contributed by atoms with Gasteiger partial charge in [0.15, 0.2) is 0 Å². The lowest BCUT2D eigenvalue weighted by molar-refractivity contribution is 0.294. The Kier molecular flexibility index (Phi) is 4.97. The fourth-order valence-electron chi connectivity index (χ4n) is 2.42. The topological polar surface area (TPSA) is 58.9 Å². The summed E-state index contributed by atoms with van der Waals surface area (Å²) in [5.74, 6) is 0.264. The van der Waals surface area contributed by atoms with Gasteiger partial charge in [-0.25, -0.2) is 0 Å². The van der Waals surface area contributed by atoms with Gasteiger partial charge in [-0.05, 0) is 52.4 Å². The fourth-order valence-corrected chi connectivity index (χ4v) is 2.42. The summed E-state index contributed by atoms with van der Waals surface area (Å²) in [4.78, 5) is 21.5. The highest BCUT2D eigenvalue weighted by atomic mass is 16.3. The summed E-state index contributed by atoms with van der Waals surface area (Å²) in [6.07, 6.45) is 6.47. The molecule has 17 heavy (non-hydrogen) atoms. The quantitative estimate of drug-likeness (QED) is 0.546. The van der Waals surface area contributed by atoms with Gasteiger partial charge in [-0.1, -0.05) is 28.4 Å². The van der Waals surface area contributed by atoms with Crippen LogP contribution in [0.15, 0.2) is 22.0 Å². The average molecular weight is 238 g/mol. The van der Waals surface area contributed by atoms with Gasteiger partial charge in [-0.15, -0.1) is 0 Å². The summed E-state index contributed by atoms with van der Waals surface area (Å²) in [6.45, 7) is 5.81. The van der Waals surface area contributed by atoms with Crippen molar-refractivity contribution in [2.75, 3.05) is 0 Å². The van der Waals surface area contributed by atoms with Gasteiger partial charge in [0.25, 0.3) is 0 Å². The average Bonchev–Trinajstić information content (AvgIpc) is 2.39. The third-order valence-corrected chi connectivity index (χ3v) is 3.78.